The first kappa shape index (κ1) is 17.6. The van der Waals surface area contributed by atoms with Crippen LogP contribution in [0.25, 0.3) is 0 Å². The molecule has 0 spiro atoms. The molecule has 0 radical (unpaired) electrons. The summed E-state index contributed by atoms with van der Waals surface area (Å²) in [6.07, 6.45) is 5.66. The summed E-state index contributed by atoms with van der Waals surface area (Å²) >= 11 is 0. The van der Waals surface area contributed by atoms with Gasteiger partial charge in [0, 0.05) is 24.2 Å². The highest BCUT2D eigenvalue weighted by molar-refractivity contribution is 5.90. The van der Waals surface area contributed by atoms with Gasteiger partial charge in [0.2, 0.25) is 5.91 Å². The fourth-order valence-electron chi connectivity index (χ4n) is 1.66. The molecule has 0 saturated heterocycles. The molecule has 0 aliphatic rings. The molecule has 0 aliphatic carbocycles. The fraction of sp³-hybridized carbons (Fsp3) is 0.412. The summed E-state index contributed by atoms with van der Waals surface area (Å²) in [4.78, 5) is 23.2. The molecule has 22 heavy (non-hydrogen) atoms. The van der Waals surface area contributed by atoms with Crippen LogP contribution in [0.5, 0.6) is 0 Å². The van der Waals surface area contributed by atoms with Gasteiger partial charge >= 0.3 is 6.09 Å². The summed E-state index contributed by atoms with van der Waals surface area (Å²) in [7, 11) is 0. The molecule has 1 aromatic carbocycles. The quantitative estimate of drug-likeness (QED) is 0.649. The van der Waals surface area contributed by atoms with E-state index in [1.165, 1.54) is 0 Å². The van der Waals surface area contributed by atoms with Crippen LogP contribution in [0.4, 0.5) is 10.5 Å². The van der Waals surface area contributed by atoms with Gasteiger partial charge in [-0.1, -0.05) is 12.0 Å². The molecule has 0 bridgehead atoms. The van der Waals surface area contributed by atoms with Gasteiger partial charge in [0.05, 0.1) is 0 Å². The van der Waals surface area contributed by atoms with E-state index in [4.69, 9.17) is 11.2 Å². The van der Waals surface area contributed by atoms with Crippen LogP contribution in [-0.4, -0.2) is 24.1 Å². The Bertz CT molecular complexity index is 568. The lowest BCUT2D eigenvalue weighted by atomic mass is 10.2. The molecule has 5 heteroatoms. The largest absolute Gasteiger partial charge is 0.444 e. The van der Waals surface area contributed by atoms with Crippen molar-refractivity contribution in [2.45, 2.75) is 39.2 Å². The van der Waals surface area contributed by atoms with Crippen LogP contribution in [0, 0.1) is 12.3 Å². The van der Waals surface area contributed by atoms with E-state index in [0.29, 0.717) is 30.6 Å². The Morgan fingerprint density at radius 1 is 1.32 bits per heavy atom. The summed E-state index contributed by atoms with van der Waals surface area (Å²) in [6, 6.07) is 7.09. The van der Waals surface area contributed by atoms with Crippen molar-refractivity contribution in [1.29, 1.82) is 0 Å². The highest BCUT2D eigenvalue weighted by Gasteiger charge is 2.15. The molecule has 0 aromatic heterocycles. The standard InChI is InChI=1S/C17H22N2O3/c1-5-13-8-6-9-14(12-13)19-15(20)10-7-11-18-16(21)22-17(2,3)4/h1,6,8-9,12H,7,10-11H2,2-4H3,(H,18,21)(H,19,20). The third kappa shape index (κ3) is 7.34. The molecule has 0 unspecified atom stereocenters. The first-order valence-electron chi connectivity index (χ1n) is 7.13. The minimum atomic E-state index is -0.524. The number of terminal acetylenes is 1. The van der Waals surface area contributed by atoms with Crippen molar-refractivity contribution in [3.63, 3.8) is 0 Å². The lowest BCUT2D eigenvalue weighted by Gasteiger charge is -2.19. The second-order valence-corrected chi connectivity index (χ2v) is 5.81. The number of anilines is 1. The minimum Gasteiger partial charge on any atom is -0.444 e. The summed E-state index contributed by atoms with van der Waals surface area (Å²) in [5, 5.41) is 5.37. The number of amides is 2. The topological polar surface area (TPSA) is 67.4 Å². The van der Waals surface area contributed by atoms with Gasteiger partial charge in [0.15, 0.2) is 0 Å². The number of hydrogen-bond acceptors (Lipinski definition) is 3. The summed E-state index contributed by atoms with van der Waals surface area (Å²) < 4.78 is 5.10. The number of alkyl carbamates (subject to hydrolysis) is 1. The zero-order valence-electron chi connectivity index (χ0n) is 13.2. The lowest BCUT2D eigenvalue weighted by Crippen LogP contribution is -2.33. The number of hydrogen-bond donors (Lipinski definition) is 2. The molecule has 2 N–H and O–H groups in total. The van der Waals surface area contributed by atoms with Gasteiger partial charge in [0.25, 0.3) is 0 Å². The molecule has 1 rings (SSSR count). The number of carbonyl (C=O) groups is 2. The molecule has 5 nitrogen and oxygen atoms in total. The molecule has 0 saturated carbocycles. The van der Waals surface area contributed by atoms with Crippen LogP contribution in [0.1, 0.15) is 39.2 Å². The Morgan fingerprint density at radius 2 is 2.05 bits per heavy atom. The predicted octanol–water partition coefficient (Wildman–Crippen LogP) is 2.91. The molecule has 0 atom stereocenters. The van der Waals surface area contributed by atoms with Crippen molar-refractivity contribution in [3.8, 4) is 12.3 Å². The Labute approximate surface area is 131 Å². The number of rotatable bonds is 5. The second kappa shape index (κ2) is 8.08. The SMILES string of the molecule is C#Cc1cccc(NC(=O)CCCNC(=O)OC(C)(C)C)c1. The number of ether oxygens (including phenoxy) is 1. The number of carbonyl (C=O) groups excluding carboxylic acids is 2. The Morgan fingerprint density at radius 3 is 2.68 bits per heavy atom. The van der Waals surface area contributed by atoms with Crippen LogP contribution in [0.15, 0.2) is 24.3 Å². The van der Waals surface area contributed by atoms with Crippen LogP contribution < -0.4 is 10.6 Å². The van der Waals surface area contributed by atoms with Gasteiger partial charge in [-0.3, -0.25) is 4.79 Å². The zero-order valence-corrected chi connectivity index (χ0v) is 13.2. The maximum absolute atomic E-state index is 11.8. The van der Waals surface area contributed by atoms with E-state index in [1.807, 2.05) is 0 Å². The van der Waals surface area contributed by atoms with E-state index in [2.05, 4.69) is 16.6 Å². The van der Waals surface area contributed by atoms with Gasteiger partial charge in [0.1, 0.15) is 5.60 Å². The van der Waals surface area contributed by atoms with Gasteiger partial charge in [-0.25, -0.2) is 4.79 Å². The highest BCUT2D eigenvalue weighted by atomic mass is 16.6. The average molecular weight is 302 g/mol. The first-order chi connectivity index (χ1) is 10.3. The van der Waals surface area contributed by atoms with E-state index in [-0.39, 0.29) is 5.91 Å². The van der Waals surface area contributed by atoms with Crippen molar-refractivity contribution in [2.75, 3.05) is 11.9 Å². The van der Waals surface area contributed by atoms with Crippen molar-refractivity contribution in [1.82, 2.24) is 5.32 Å². The molecule has 1 aromatic rings. The summed E-state index contributed by atoms with van der Waals surface area (Å²) in [5.41, 5.74) is 0.855. The second-order valence-electron chi connectivity index (χ2n) is 5.81. The zero-order chi connectivity index (χ0) is 16.6. The number of benzene rings is 1. The Kier molecular flexibility index (Phi) is 6.46. The maximum atomic E-state index is 11.8. The van der Waals surface area contributed by atoms with Crippen LogP contribution >= 0.6 is 0 Å². The van der Waals surface area contributed by atoms with Crippen LogP contribution in [-0.2, 0) is 9.53 Å². The predicted molar refractivity (Wildman–Crippen MR) is 86.5 cm³/mol. The maximum Gasteiger partial charge on any atom is 0.407 e. The van der Waals surface area contributed by atoms with Crippen molar-refractivity contribution < 1.29 is 14.3 Å². The first-order valence-corrected chi connectivity index (χ1v) is 7.13. The molecule has 2 amide bonds. The lowest BCUT2D eigenvalue weighted by molar-refractivity contribution is -0.116. The van der Waals surface area contributed by atoms with Gasteiger partial charge in [-0.05, 0) is 45.4 Å². The summed E-state index contributed by atoms with van der Waals surface area (Å²) in [6.45, 7) is 5.77. The molecule has 0 aliphatic heterocycles. The van der Waals surface area contributed by atoms with E-state index in [1.54, 1.807) is 45.0 Å². The summed E-state index contributed by atoms with van der Waals surface area (Å²) in [5.74, 6) is 2.39. The molecule has 0 heterocycles. The van der Waals surface area contributed by atoms with E-state index in [0.717, 1.165) is 0 Å². The van der Waals surface area contributed by atoms with E-state index < -0.39 is 11.7 Å². The van der Waals surface area contributed by atoms with Crippen LogP contribution in [0.2, 0.25) is 0 Å². The average Bonchev–Trinajstić information content (AvgIpc) is 2.42. The monoisotopic (exact) mass is 302 g/mol. The van der Waals surface area contributed by atoms with E-state index in [9.17, 15) is 9.59 Å². The molecular formula is C17H22N2O3. The molecular weight excluding hydrogens is 280 g/mol. The number of nitrogens with one attached hydrogen (secondary N) is 2. The molecule has 0 fully saturated rings. The molecule has 118 valence electrons. The minimum absolute atomic E-state index is 0.125. The smallest absolute Gasteiger partial charge is 0.407 e. The Balaban J connectivity index is 2.26. The van der Waals surface area contributed by atoms with Crippen LogP contribution in [0.3, 0.4) is 0 Å². The normalized spacial score (nSPS) is 10.5. The van der Waals surface area contributed by atoms with Gasteiger partial charge < -0.3 is 15.4 Å². The van der Waals surface area contributed by atoms with Crippen molar-refractivity contribution >= 4 is 17.7 Å². The van der Waals surface area contributed by atoms with Crippen molar-refractivity contribution in [2.24, 2.45) is 0 Å². The third-order valence-electron chi connectivity index (χ3n) is 2.56. The van der Waals surface area contributed by atoms with E-state index >= 15 is 0 Å². The third-order valence-corrected chi connectivity index (χ3v) is 2.56. The highest BCUT2D eigenvalue weighted by Crippen LogP contribution is 2.10. The Hall–Kier alpha value is -2.48. The fourth-order valence-corrected chi connectivity index (χ4v) is 1.66. The van der Waals surface area contributed by atoms with Crippen molar-refractivity contribution in [3.05, 3.63) is 29.8 Å². The van der Waals surface area contributed by atoms with Gasteiger partial charge in [-0.2, -0.15) is 0 Å². The van der Waals surface area contributed by atoms with Gasteiger partial charge in [-0.15, -0.1) is 6.42 Å².